The summed E-state index contributed by atoms with van der Waals surface area (Å²) in [5, 5.41) is 4.14. The zero-order valence-corrected chi connectivity index (χ0v) is 11.1. The molecule has 0 bridgehead atoms. The average Bonchev–Trinajstić information content (AvgIpc) is 2.31. The molecule has 0 aliphatic rings. The number of hydrogen-bond acceptors (Lipinski definition) is 2. The highest BCUT2D eigenvalue weighted by Crippen LogP contribution is 2.19. The molecule has 1 atom stereocenters. The van der Waals surface area contributed by atoms with Gasteiger partial charge in [-0.3, -0.25) is 0 Å². The third kappa shape index (κ3) is 4.12. The lowest BCUT2D eigenvalue weighted by Crippen LogP contribution is -2.25. The van der Waals surface area contributed by atoms with Gasteiger partial charge in [-0.05, 0) is 51.3 Å². The summed E-state index contributed by atoms with van der Waals surface area (Å²) in [5.41, 5.74) is 1.30. The van der Waals surface area contributed by atoms with E-state index in [1.807, 2.05) is 19.2 Å². The first kappa shape index (κ1) is 13.5. The van der Waals surface area contributed by atoms with Crippen LogP contribution in [0.1, 0.15) is 24.9 Å². The molecule has 0 heterocycles. The lowest BCUT2D eigenvalue weighted by Gasteiger charge is -2.20. The molecule has 1 aromatic carbocycles. The highest BCUT2D eigenvalue weighted by atomic mass is 35.5. The maximum absolute atomic E-state index is 5.88. The van der Waals surface area contributed by atoms with E-state index in [0.29, 0.717) is 6.04 Å². The standard InChI is InChI=1S/C13H21ClN2/c1-4-16(3)10-9-13(15-2)11-5-7-12(14)8-6-11/h5-8,13,15H,4,9-10H2,1-3H3. The molecule has 0 aromatic heterocycles. The van der Waals surface area contributed by atoms with Gasteiger partial charge in [0.15, 0.2) is 0 Å². The van der Waals surface area contributed by atoms with Crippen LogP contribution in [0.5, 0.6) is 0 Å². The predicted molar refractivity (Wildman–Crippen MR) is 71.0 cm³/mol. The number of hydrogen-bond donors (Lipinski definition) is 1. The van der Waals surface area contributed by atoms with Crippen molar-refractivity contribution in [1.82, 2.24) is 10.2 Å². The van der Waals surface area contributed by atoms with Gasteiger partial charge in [0.25, 0.3) is 0 Å². The Labute approximate surface area is 104 Å². The van der Waals surface area contributed by atoms with Crippen molar-refractivity contribution >= 4 is 11.6 Å². The van der Waals surface area contributed by atoms with Gasteiger partial charge in [-0.15, -0.1) is 0 Å². The average molecular weight is 241 g/mol. The third-order valence-corrected chi connectivity index (χ3v) is 3.21. The van der Waals surface area contributed by atoms with Crippen LogP contribution in [-0.2, 0) is 0 Å². The fourth-order valence-corrected chi connectivity index (χ4v) is 1.81. The molecule has 0 aliphatic heterocycles. The molecule has 90 valence electrons. The molecular formula is C13H21ClN2. The molecular weight excluding hydrogens is 220 g/mol. The first-order chi connectivity index (χ1) is 7.67. The number of benzene rings is 1. The fraction of sp³-hybridized carbons (Fsp3) is 0.538. The van der Waals surface area contributed by atoms with Crippen molar-refractivity contribution in [3.05, 3.63) is 34.9 Å². The molecule has 16 heavy (non-hydrogen) atoms. The van der Waals surface area contributed by atoms with E-state index in [2.05, 4.69) is 36.3 Å². The largest absolute Gasteiger partial charge is 0.313 e. The molecule has 0 saturated carbocycles. The van der Waals surface area contributed by atoms with E-state index in [0.717, 1.165) is 24.5 Å². The Bertz CT molecular complexity index is 297. The summed E-state index contributed by atoms with van der Waals surface area (Å²) in [6, 6.07) is 8.49. The second kappa shape index (κ2) is 6.89. The van der Waals surface area contributed by atoms with Gasteiger partial charge in [-0.1, -0.05) is 30.7 Å². The van der Waals surface area contributed by atoms with Crippen LogP contribution in [0.15, 0.2) is 24.3 Å². The lowest BCUT2D eigenvalue weighted by atomic mass is 10.0. The molecule has 1 N–H and O–H groups in total. The second-order valence-electron chi connectivity index (χ2n) is 4.08. The Balaban J connectivity index is 2.57. The maximum atomic E-state index is 5.88. The van der Waals surface area contributed by atoms with Gasteiger partial charge in [0, 0.05) is 11.1 Å². The van der Waals surface area contributed by atoms with Crippen molar-refractivity contribution < 1.29 is 0 Å². The van der Waals surface area contributed by atoms with Crippen LogP contribution < -0.4 is 5.32 Å². The van der Waals surface area contributed by atoms with E-state index in [-0.39, 0.29) is 0 Å². The van der Waals surface area contributed by atoms with Crippen LogP contribution in [0, 0.1) is 0 Å². The summed E-state index contributed by atoms with van der Waals surface area (Å²) in [7, 11) is 4.15. The Kier molecular flexibility index (Phi) is 5.81. The van der Waals surface area contributed by atoms with Crippen molar-refractivity contribution in [2.75, 3.05) is 27.2 Å². The zero-order chi connectivity index (χ0) is 12.0. The number of nitrogens with one attached hydrogen (secondary N) is 1. The Morgan fingerprint density at radius 3 is 2.44 bits per heavy atom. The van der Waals surface area contributed by atoms with Crippen LogP contribution in [0.2, 0.25) is 5.02 Å². The molecule has 0 saturated heterocycles. The molecule has 2 nitrogen and oxygen atoms in total. The van der Waals surface area contributed by atoms with Gasteiger partial charge >= 0.3 is 0 Å². The van der Waals surface area contributed by atoms with Gasteiger partial charge in [-0.25, -0.2) is 0 Å². The van der Waals surface area contributed by atoms with Crippen LogP contribution in [0.25, 0.3) is 0 Å². The third-order valence-electron chi connectivity index (χ3n) is 2.96. The van der Waals surface area contributed by atoms with Crippen LogP contribution in [0.4, 0.5) is 0 Å². The Morgan fingerprint density at radius 2 is 1.94 bits per heavy atom. The van der Waals surface area contributed by atoms with Crippen LogP contribution in [-0.4, -0.2) is 32.1 Å². The van der Waals surface area contributed by atoms with E-state index in [9.17, 15) is 0 Å². The summed E-state index contributed by atoms with van der Waals surface area (Å²) in [6.07, 6.45) is 1.11. The van der Waals surface area contributed by atoms with Crippen molar-refractivity contribution in [3.8, 4) is 0 Å². The monoisotopic (exact) mass is 240 g/mol. The minimum Gasteiger partial charge on any atom is -0.313 e. The van der Waals surface area contributed by atoms with Crippen molar-refractivity contribution in [2.24, 2.45) is 0 Å². The van der Waals surface area contributed by atoms with Crippen LogP contribution in [0.3, 0.4) is 0 Å². The normalized spacial score (nSPS) is 13.1. The maximum Gasteiger partial charge on any atom is 0.0406 e. The molecule has 1 unspecified atom stereocenters. The van der Waals surface area contributed by atoms with Crippen molar-refractivity contribution in [2.45, 2.75) is 19.4 Å². The van der Waals surface area contributed by atoms with Gasteiger partial charge in [0.05, 0.1) is 0 Å². The lowest BCUT2D eigenvalue weighted by molar-refractivity contribution is 0.326. The fourth-order valence-electron chi connectivity index (χ4n) is 1.68. The molecule has 0 aliphatic carbocycles. The summed E-state index contributed by atoms with van der Waals surface area (Å²) >= 11 is 5.88. The molecule has 0 radical (unpaired) electrons. The summed E-state index contributed by atoms with van der Waals surface area (Å²) < 4.78 is 0. The van der Waals surface area contributed by atoms with Gasteiger partial charge in [0.1, 0.15) is 0 Å². The number of halogens is 1. The van der Waals surface area contributed by atoms with Gasteiger partial charge in [-0.2, -0.15) is 0 Å². The molecule has 0 amide bonds. The first-order valence-corrected chi connectivity index (χ1v) is 6.16. The molecule has 0 spiro atoms. The topological polar surface area (TPSA) is 15.3 Å². The van der Waals surface area contributed by atoms with E-state index in [4.69, 9.17) is 11.6 Å². The highest BCUT2D eigenvalue weighted by Gasteiger charge is 2.09. The number of rotatable bonds is 6. The number of nitrogens with zero attached hydrogens (tertiary/aromatic N) is 1. The minimum atomic E-state index is 0.409. The Morgan fingerprint density at radius 1 is 1.31 bits per heavy atom. The molecule has 1 aromatic rings. The minimum absolute atomic E-state index is 0.409. The highest BCUT2D eigenvalue weighted by molar-refractivity contribution is 6.30. The summed E-state index contributed by atoms with van der Waals surface area (Å²) in [6.45, 7) is 4.37. The van der Waals surface area contributed by atoms with Crippen molar-refractivity contribution in [1.29, 1.82) is 0 Å². The van der Waals surface area contributed by atoms with E-state index in [1.165, 1.54) is 5.56 Å². The van der Waals surface area contributed by atoms with Gasteiger partial charge in [0.2, 0.25) is 0 Å². The summed E-state index contributed by atoms with van der Waals surface area (Å²) in [4.78, 5) is 2.32. The SMILES string of the molecule is CCN(C)CCC(NC)c1ccc(Cl)cc1. The smallest absolute Gasteiger partial charge is 0.0406 e. The molecule has 1 rings (SSSR count). The molecule has 0 fully saturated rings. The summed E-state index contributed by atoms with van der Waals surface area (Å²) in [5.74, 6) is 0. The quantitative estimate of drug-likeness (QED) is 0.823. The second-order valence-corrected chi connectivity index (χ2v) is 4.51. The predicted octanol–water partition coefficient (Wildman–Crippen LogP) is 2.94. The van der Waals surface area contributed by atoms with Crippen molar-refractivity contribution in [3.63, 3.8) is 0 Å². The van der Waals surface area contributed by atoms with Gasteiger partial charge < -0.3 is 10.2 Å². The first-order valence-electron chi connectivity index (χ1n) is 5.78. The Hall–Kier alpha value is -0.570. The van der Waals surface area contributed by atoms with E-state index in [1.54, 1.807) is 0 Å². The van der Waals surface area contributed by atoms with Crippen LogP contribution >= 0.6 is 11.6 Å². The van der Waals surface area contributed by atoms with E-state index >= 15 is 0 Å². The zero-order valence-electron chi connectivity index (χ0n) is 10.3. The molecule has 3 heteroatoms. The van der Waals surface area contributed by atoms with E-state index < -0.39 is 0 Å².